The molecular formula is C29H34N6O4. The van der Waals surface area contributed by atoms with Crippen LogP contribution in [0.2, 0.25) is 0 Å². The molecule has 1 aromatic heterocycles. The first-order valence-corrected chi connectivity index (χ1v) is 12.8. The SMILES string of the molecule is CN(C)CCN(Cc1ccc(C(=O)Nc2ccccc2N)cn1)C(=O)N=C1COC=C(CC2=CC=CCC2)O1. The van der Waals surface area contributed by atoms with Gasteiger partial charge in [0, 0.05) is 25.7 Å². The Morgan fingerprint density at radius 3 is 2.72 bits per heavy atom. The van der Waals surface area contributed by atoms with Crippen molar-refractivity contribution in [1.82, 2.24) is 14.8 Å². The second-order valence-corrected chi connectivity index (χ2v) is 9.56. The summed E-state index contributed by atoms with van der Waals surface area (Å²) in [4.78, 5) is 38.0. The smallest absolute Gasteiger partial charge is 0.347 e. The van der Waals surface area contributed by atoms with Gasteiger partial charge in [0.15, 0.2) is 6.61 Å². The van der Waals surface area contributed by atoms with Crippen LogP contribution in [0.25, 0.3) is 0 Å². The summed E-state index contributed by atoms with van der Waals surface area (Å²) in [6.45, 7) is 1.38. The van der Waals surface area contributed by atoms with Gasteiger partial charge in [-0.2, -0.15) is 4.99 Å². The van der Waals surface area contributed by atoms with Crippen LogP contribution in [0, 0.1) is 0 Å². The highest BCUT2D eigenvalue weighted by molar-refractivity contribution is 6.05. The van der Waals surface area contributed by atoms with Crippen LogP contribution in [0.5, 0.6) is 0 Å². The molecule has 2 heterocycles. The quantitative estimate of drug-likeness (QED) is 0.462. The lowest BCUT2D eigenvalue weighted by atomic mass is 10.0. The van der Waals surface area contributed by atoms with Crippen LogP contribution in [-0.4, -0.2) is 66.4 Å². The molecule has 0 unspecified atom stereocenters. The van der Waals surface area contributed by atoms with Crippen molar-refractivity contribution in [2.45, 2.75) is 25.8 Å². The zero-order valence-electron chi connectivity index (χ0n) is 22.3. The van der Waals surface area contributed by atoms with Crippen LogP contribution < -0.4 is 11.1 Å². The van der Waals surface area contributed by atoms with Crippen LogP contribution in [0.3, 0.4) is 0 Å². The normalized spacial score (nSPS) is 15.7. The van der Waals surface area contributed by atoms with E-state index in [0.717, 1.165) is 12.8 Å². The number of benzene rings is 1. The van der Waals surface area contributed by atoms with Crippen molar-refractivity contribution in [1.29, 1.82) is 0 Å². The highest BCUT2D eigenvalue weighted by Gasteiger charge is 2.20. The van der Waals surface area contributed by atoms with Crippen LogP contribution in [0.15, 0.2) is 83.4 Å². The lowest BCUT2D eigenvalue weighted by Gasteiger charge is -2.23. The van der Waals surface area contributed by atoms with E-state index in [9.17, 15) is 9.59 Å². The Labute approximate surface area is 228 Å². The fraction of sp³-hybridized carbons (Fsp3) is 0.310. The van der Waals surface area contributed by atoms with E-state index >= 15 is 0 Å². The number of allylic oxidation sites excluding steroid dienone is 4. The van der Waals surface area contributed by atoms with Crippen molar-refractivity contribution >= 4 is 29.2 Å². The Kier molecular flexibility index (Phi) is 9.47. The number of aromatic nitrogens is 1. The number of nitrogens with two attached hydrogens (primary N) is 1. The number of pyridine rings is 1. The summed E-state index contributed by atoms with van der Waals surface area (Å²) in [5.41, 5.74) is 9.16. The number of rotatable bonds is 9. The number of likely N-dealkylation sites (N-methyl/N-ethyl adjacent to an activating group) is 1. The largest absolute Gasteiger partial charge is 0.488 e. The first-order chi connectivity index (χ1) is 18.9. The van der Waals surface area contributed by atoms with E-state index < -0.39 is 6.03 Å². The third-order valence-electron chi connectivity index (χ3n) is 6.13. The average molecular weight is 531 g/mol. The fourth-order valence-corrected chi connectivity index (χ4v) is 3.96. The molecule has 3 N–H and O–H groups in total. The topological polar surface area (TPSA) is 122 Å². The van der Waals surface area contributed by atoms with Crippen molar-refractivity contribution in [2.75, 3.05) is 44.8 Å². The summed E-state index contributed by atoms with van der Waals surface area (Å²) in [5.74, 6) is 0.527. The summed E-state index contributed by atoms with van der Waals surface area (Å²) < 4.78 is 11.4. The van der Waals surface area contributed by atoms with Crippen molar-refractivity contribution < 1.29 is 19.1 Å². The summed E-state index contributed by atoms with van der Waals surface area (Å²) in [6, 6.07) is 9.98. The van der Waals surface area contributed by atoms with Gasteiger partial charge in [0.2, 0.25) is 5.90 Å². The number of amides is 3. The minimum Gasteiger partial charge on any atom is -0.488 e. The number of urea groups is 1. The Bertz CT molecular complexity index is 1300. The lowest BCUT2D eigenvalue weighted by molar-refractivity contribution is 0.102. The molecule has 0 saturated heterocycles. The molecule has 0 fully saturated rings. The van der Waals surface area contributed by atoms with E-state index in [1.54, 1.807) is 47.6 Å². The van der Waals surface area contributed by atoms with Crippen molar-refractivity contribution in [3.05, 3.63) is 89.7 Å². The minimum absolute atomic E-state index is 0.0870. The number of hydrogen-bond donors (Lipinski definition) is 2. The lowest BCUT2D eigenvalue weighted by Crippen LogP contribution is -2.35. The molecule has 2 aliphatic rings. The van der Waals surface area contributed by atoms with Crippen molar-refractivity contribution in [3.8, 4) is 0 Å². The molecule has 0 atom stereocenters. The molecular weight excluding hydrogens is 496 g/mol. The number of nitrogens with one attached hydrogen (secondary N) is 1. The first-order valence-electron chi connectivity index (χ1n) is 12.8. The fourth-order valence-electron chi connectivity index (χ4n) is 3.96. The number of nitrogens with zero attached hydrogens (tertiary/aromatic N) is 4. The number of carbonyl (C=O) groups excluding carboxylic acids is 2. The number of nitrogen functional groups attached to an aromatic ring is 1. The Morgan fingerprint density at radius 2 is 2.00 bits per heavy atom. The van der Waals surface area contributed by atoms with Crippen LogP contribution in [0.1, 0.15) is 35.3 Å². The molecule has 0 bridgehead atoms. The molecule has 39 heavy (non-hydrogen) atoms. The number of aliphatic imine (C=N–C) groups is 1. The van der Waals surface area contributed by atoms with Crippen LogP contribution in [-0.2, 0) is 16.0 Å². The Hall–Kier alpha value is -4.44. The zero-order valence-corrected chi connectivity index (χ0v) is 22.3. The van der Waals surface area contributed by atoms with Gasteiger partial charge in [-0.3, -0.25) is 9.78 Å². The van der Waals surface area contributed by atoms with Gasteiger partial charge in [0.25, 0.3) is 5.91 Å². The van der Waals surface area contributed by atoms with Crippen molar-refractivity contribution in [3.63, 3.8) is 0 Å². The number of carbonyl (C=O) groups is 2. The molecule has 0 saturated carbocycles. The molecule has 0 radical (unpaired) electrons. The van der Waals surface area contributed by atoms with E-state index in [0.29, 0.717) is 47.9 Å². The maximum Gasteiger partial charge on any atom is 0.347 e. The molecule has 204 valence electrons. The second-order valence-electron chi connectivity index (χ2n) is 9.56. The van der Waals surface area contributed by atoms with Gasteiger partial charge in [-0.1, -0.05) is 35.9 Å². The summed E-state index contributed by atoms with van der Waals surface area (Å²) in [5, 5.41) is 2.78. The summed E-state index contributed by atoms with van der Waals surface area (Å²) in [7, 11) is 3.87. The van der Waals surface area contributed by atoms with E-state index in [4.69, 9.17) is 15.2 Å². The molecule has 10 heteroatoms. The summed E-state index contributed by atoms with van der Waals surface area (Å²) >= 11 is 0. The highest BCUT2D eigenvalue weighted by Crippen LogP contribution is 2.23. The number of hydrogen-bond acceptors (Lipinski definition) is 7. The maximum absolute atomic E-state index is 13.2. The standard InChI is InChI=1S/C29H34N6O4/c1-34(2)14-15-35(29(37)33-27-20-38-19-24(39-27)16-21-8-4-3-5-9-21)18-23-13-12-22(17-31-23)28(36)32-26-11-7-6-10-25(26)30/h3-4,6-8,10-13,17,19H,5,9,14-16,18,20,30H2,1-2H3,(H,32,36). The van der Waals surface area contributed by atoms with Gasteiger partial charge in [-0.25, -0.2) is 4.79 Å². The summed E-state index contributed by atoms with van der Waals surface area (Å²) in [6.07, 6.45) is 11.9. The molecule has 3 amide bonds. The van der Waals surface area contributed by atoms with Crippen LogP contribution in [0.4, 0.5) is 16.2 Å². The molecule has 1 aromatic carbocycles. The second kappa shape index (κ2) is 13.4. The third-order valence-corrected chi connectivity index (χ3v) is 6.13. The number of ether oxygens (including phenoxy) is 2. The molecule has 10 nitrogen and oxygen atoms in total. The first kappa shape index (κ1) is 27.6. The van der Waals surface area contributed by atoms with Crippen molar-refractivity contribution in [2.24, 2.45) is 4.99 Å². The monoisotopic (exact) mass is 530 g/mol. The van der Waals surface area contributed by atoms with E-state index in [2.05, 4.69) is 27.4 Å². The van der Waals surface area contributed by atoms with Crippen LogP contribution >= 0.6 is 0 Å². The van der Waals surface area contributed by atoms with Gasteiger partial charge in [-0.05, 0) is 51.2 Å². The highest BCUT2D eigenvalue weighted by atomic mass is 16.6. The Balaban J connectivity index is 1.40. The maximum atomic E-state index is 13.2. The van der Waals surface area contributed by atoms with Gasteiger partial charge in [0.05, 0.1) is 29.2 Å². The zero-order chi connectivity index (χ0) is 27.6. The minimum atomic E-state index is -0.445. The molecule has 0 spiro atoms. The molecule has 1 aliphatic carbocycles. The Morgan fingerprint density at radius 1 is 1.15 bits per heavy atom. The third kappa shape index (κ3) is 8.27. The molecule has 4 rings (SSSR count). The van der Waals surface area contributed by atoms with E-state index in [1.807, 2.05) is 25.1 Å². The number of para-hydroxylation sites is 2. The van der Waals surface area contributed by atoms with Gasteiger partial charge in [0.1, 0.15) is 12.0 Å². The van der Waals surface area contributed by atoms with E-state index in [1.165, 1.54) is 11.8 Å². The average Bonchev–Trinajstić information content (AvgIpc) is 2.93. The number of anilines is 2. The predicted octanol–water partition coefficient (Wildman–Crippen LogP) is 4.35. The van der Waals surface area contributed by atoms with Gasteiger partial charge in [-0.15, -0.1) is 0 Å². The van der Waals surface area contributed by atoms with Gasteiger partial charge < -0.3 is 30.3 Å². The molecule has 1 aliphatic heterocycles. The molecule has 2 aromatic rings. The predicted molar refractivity (Wildman–Crippen MR) is 151 cm³/mol. The van der Waals surface area contributed by atoms with E-state index in [-0.39, 0.29) is 25.0 Å². The van der Waals surface area contributed by atoms with Gasteiger partial charge >= 0.3 is 6.03 Å².